The number of methoxy groups -OCH3 is 2. The van der Waals surface area contributed by atoms with E-state index in [0.29, 0.717) is 22.2 Å². The fourth-order valence-electron chi connectivity index (χ4n) is 2.15. The van der Waals surface area contributed by atoms with Crippen LogP contribution in [0.4, 0.5) is 0 Å². The molecule has 1 aromatic heterocycles. The van der Waals surface area contributed by atoms with E-state index in [1.807, 2.05) is 6.07 Å². The molecule has 9 nitrogen and oxygen atoms in total. The van der Waals surface area contributed by atoms with E-state index < -0.39 is 18.5 Å². The van der Waals surface area contributed by atoms with Gasteiger partial charge in [-0.25, -0.2) is 4.98 Å². The van der Waals surface area contributed by atoms with Gasteiger partial charge in [0.05, 0.1) is 32.9 Å². The van der Waals surface area contributed by atoms with Crippen LogP contribution >= 0.6 is 11.3 Å². The summed E-state index contributed by atoms with van der Waals surface area (Å²) in [6.45, 7) is -0.629. The fourth-order valence-corrected chi connectivity index (χ4v) is 2.97. The van der Waals surface area contributed by atoms with Gasteiger partial charge in [0.15, 0.2) is 18.1 Å². The molecule has 10 heteroatoms. The average Bonchev–Trinajstić information content (AvgIpc) is 3.18. The Hall–Kier alpha value is -3.14. The molecular formula is C18H21N3O6S. The molecule has 0 aliphatic rings. The van der Waals surface area contributed by atoms with Gasteiger partial charge < -0.3 is 24.8 Å². The molecule has 1 aromatic carbocycles. The van der Waals surface area contributed by atoms with Gasteiger partial charge in [-0.2, -0.15) is 0 Å². The van der Waals surface area contributed by atoms with Crippen molar-refractivity contribution < 1.29 is 28.6 Å². The van der Waals surface area contributed by atoms with Crippen molar-refractivity contribution in [2.24, 2.45) is 0 Å². The molecule has 28 heavy (non-hydrogen) atoms. The lowest BCUT2D eigenvalue weighted by Gasteiger charge is -2.08. The number of benzene rings is 1. The molecule has 0 spiro atoms. The molecule has 2 aromatic rings. The summed E-state index contributed by atoms with van der Waals surface area (Å²) in [5.41, 5.74) is 1.36. The Bertz CT molecular complexity index is 852. The van der Waals surface area contributed by atoms with Crippen LogP contribution < -0.4 is 20.1 Å². The Morgan fingerprint density at radius 3 is 2.54 bits per heavy atom. The monoisotopic (exact) mass is 407 g/mol. The second kappa shape index (κ2) is 10.3. The molecule has 0 atom stereocenters. The number of thiazole rings is 1. The number of carbonyl (C=O) groups is 3. The van der Waals surface area contributed by atoms with Crippen molar-refractivity contribution in [2.75, 3.05) is 34.4 Å². The van der Waals surface area contributed by atoms with Crippen molar-refractivity contribution in [1.29, 1.82) is 0 Å². The maximum Gasteiger partial charge on any atom is 0.312 e. The number of hydrogen-bond acceptors (Lipinski definition) is 8. The van der Waals surface area contributed by atoms with E-state index in [2.05, 4.69) is 15.6 Å². The van der Waals surface area contributed by atoms with Crippen LogP contribution in [-0.4, -0.2) is 57.2 Å². The molecule has 0 unspecified atom stereocenters. The minimum atomic E-state index is -0.584. The summed E-state index contributed by atoms with van der Waals surface area (Å²) >= 11 is 1.38. The summed E-state index contributed by atoms with van der Waals surface area (Å²) in [5, 5.41) is 7.16. The molecule has 150 valence electrons. The molecule has 2 rings (SSSR count). The quantitative estimate of drug-likeness (QED) is 0.590. The average molecular weight is 407 g/mol. The maximum atomic E-state index is 11.9. The van der Waals surface area contributed by atoms with Gasteiger partial charge in [-0.15, -0.1) is 11.3 Å². The first kappa shape index (κ1) is 21.2. The van der Waals surface area contributed by atoms with Gasteiger partial charge in [0.2, 0.25) is 5.91 Å². The van der Waals surface area contributed by atoms with Crippen LogP contribution in [0.15, 0.2) is 23.6 Å². The number of hydrogen-bond donors (Lipinski definition) is 2. The summed E-state index contributed by atoms with van der Waals surface area (Å²) in [4.78, 5) is 38.9. The highest BCUT2D eigenvalue weighted by molar-refractivity contribution is 7.13. The third-order valence-electron chi connectivity index (χ3n) is 3.60. The topological polar surface area (TPSA) is 116 Å². The zero-order valence-corrected chi connectivity index (χ0v) is 16.6. The third kappa shape index (κ3) is 5.95. The summed E-state index contributed by atoms with van der Waals surface area (Å²) in [7, 11) is 4.57. The van der Waals surface area contributed by atoms with Crippen molar-refractivity contribution in [3.8, 4) is 22.1 Å². The van der Waals surface area contributed by atoms with Gasteiger partial charge in [0.1, 0.15) is 5.01 Å². The SMILES string of the molecule is CNC(=O)CNC(=O)COC(=O)Cc1csc(-c2ccc(OC)c(OC)c2)n1. The molecule has 2 amide bonds. The Morgan fingerprint density at radius 2 is 1.86 bits per heavy atom. The Morgan fingerprint density at radius 1 is 1.11 bits per heavy atom. The lowest BCUT2D eigenvalue weighted by molar-refractivity contribution is -0.148. The minimum absolute atomic E-state index is 0.0630. The number of nitrogens with one attached hydrogen (secondary N) is 2. The van der Waals surface area contributed by atoms with E-state index in [0.717, 1.165) is 5.56 Å². The second-order valence-electron chi connectivity index (χ2n) is 5.50. The lowest BCUT2D eigenvalue weighted by Crippen LogP contribution is -2.37. The van der Waals surface area contributed by atoms with Gasteiger partial charge in [-0.05, 0) is 18.2 Å². The lowest BCUT2D eigenvalue weighted by atomic mass is 10.2. The first-order valence-corrected chi connectivity index (χ1v) is 9.14. The predicted octanol–water partition coefficient (Wildman–Crippen LogP) is 0.775. The van der Waals surface area contributed by atoms with Crippen molar-refractivity contribution in [3.05, 3.63) is 29.3 Å². The molecule has 0 aliphatic carbocycles. The highest BCUT2D eigenvalue weighted by Gasteiger charge is 2.14. The first-order chi connectivity index (χ1) is 13.5. The molecule has 0 saturated carbocycles. The van der Waals surface area contributed by atoms with Gasteiger partial charge in [0.25, 0.3) is 5.91 Å². The van der Waals surface area contributed by atoms with Crippen LogP contribution in [0.1, 0.15) is 5.69 Å². The van der Waals surface area contributed by atoms with Gasteiger partial charge in [-0.3, -0.25) is 14.4 Å². The number of likely N-dealkylation sites (N-methyl/N-ethyl adjacent to an activating group) is 1. The smallest absolute Gasteiger partial charge is 0.312 e. The summed E-state index contributed by atoms with van der Waals surface area (Å²) < 4.78 is 15.4. The highest BCUT2D eigenvalue weighted by atomic mass is 32.1. The van der Waals surface area contributed by atoms with Gasteiger partial charge in [0, 0.05) is 18.0 Å². The van der Waals surface area contributed by atoms with E-state index in [1.165, 1.54) is 18.4 Å². The number of rotatable bonds is 9. The number of nitrogens with zero attached hydrogens (tertiary/aromatic N) is 1. The number of ether oxygens (including phenoxy) is 3. The summed E-state index contributed by atoms with van der Waals surface area (Å²) in [5.74, 6) is -0.287. The molecule has 0 radical (unpaired) electrons. The molecule has 0 aliphatic heterocycles. The second-order valence-corrected chi connectivity index (χ2v) is 6.36. The Balaban J connectivity index is 1.89. The predicted molar refractivity (Wildman–Crippen MR) is 102 cm³/mol. The van der Waals surface area contributed by atoms with Crippen LogP contribution in [0, 0.1) is 0 Å². The first-order valence-electron chi connectivity index (χ1n) is 8.26. The molecule has 1 heterocycles. The third-order valence-corrected chi connectivity index (χ3v) is 4.54. The number of carbonyl (C=O) groups excluding carboxylic acids is 3. The molecule has 2 N–H and O–H groups in total. The number of aromatic nitrogens is 1. The standard InChI is InChI=1S/C18H21N3O6S/c1-19-15(22)8-20-16(23)9-27-17(24)7-12-10-28-18(21-12)11-4-5-13(25-2)14(6-11)26-3/h4-6,10H,7-9H2,1-3H3,(H,19,22)(H,20,23). The highest BCUT2D eigenvalue weighted by Crippen LogP contribution is 2.33. The number of esters is 1. The van der Waals surface area contributed by atoms with Gasteiger partial charge in [-0.1, -0.05) is 0 Å². The van der Waals surface area contributed by atoms with Crippen LogP contribution in [0.25, 0.3) is 10.6 Å². The fraction of sp³-hybridized carbons (Fsp3) is 0.333. The largest absolute Gasteiger partial charge is 0.493 e. The zero-order valence-electron chi connectivity index (χ0n) is 15.7. The maximum absolute atomic E-state index is 11.9. The van der Waals surface area contributed by atoms with E-state index in [-0.39, 0.29) is 18.9 Å². The summed E-state index contributed by atoms with van der Waals surface area (Å²) in [6.07, 6.45) is -0.0630. The zero-order chi connectivity index (χ0) is 20.5. The van der Waals surface area contributed by atoms with Crippen LogP contribution in [0.5, 0.6) is 11.5 Å². The van der Waals surface area contributed by atoms with Crippen molar-refractivity contribution in [1.82, 2.24) is 15.6 Å². The van der Waals surface area contributed by atoms with E-state index in [9.17, 15) is 14.4 Å². The van der Waals surface area contributed by atoms with Gasteiger partial charge >= 0.3 is 5.97 Å². The van der Waals surface area contributed by atoms with Crippen LogP contribution in [0.2, 0.25) is 0 Å². The van der Waals surface area contributed by atoms with E-state index in [1.54, 1.807) is 31.7 Å². The Labute approximate surface area is 166 Å². The minimum Gasteiger partial charge on any atom is -0.493 e. The van der Waals surface area contributed by atoms with E-state index in [4.69, 9.17) is 14.2 Å². The normalized spacial score (nSPS) is 10.1. The van der Waals surface area contributed by atoms with Crippen LogP contribution in [-0.2, 0) is 25.5 Å². The summed E-state index contributed by atoms with van der Waals surface area (Å²) in [6, 6.07) is 5.43. The van der Waals surface area contributed by atoms with Crippen molar-refractivity contribution in [3.63, 3.8) is 0 Å². The molecule has 0 fully saturated rings. The molecule has 0 bridgehead atoms. The van der Waals surface area contributed by atoms with Crippen molar-refractivity contribution in [2.45, 2.75) is 6.42 Å². The van der Waals surface area contributed by atoms with E-state index >= 15 is 0 Å². The molecule has 0 saturated heterocycles. The van der Waals surface area contributed by atoms with Crippen molar-refractivity contribution >= 4 is 29.1 Å². The molecular weight excluding hydrogens is 386 g/mol. The number of amides is 2. The Kier molecular flexibility index (Phi) is 7.76. The van der Waals surface area contributed by atoms with Crippen LogP contribution in [0.3, 0.4) is 0 Å².